The molecule has 8 rings (SSSR count). The summed E-state index contributed by atoms with van der Waals surface area (Å²) in [5, 5.41) is 10.1. The minimum atomic E-state index is -0.0177. The van der Waals surface area contributed by atoms with E-state index in [1.807, 2.05) is 14.1 Å². The van der Waals surface area contributed by atoms with E-state index in [9.17, 15) is 9.59 Å². The van der Waals surface area contributed by atoms with Crippen LogP contribution in [0.4, 0.5) is 15.7 Å². The van der Waals surface area contributed by atoms with Gasteiger partial charge in [-0.3, -0.25) is 9.59 Å². The summed E-state index contributed by atoms with van der Waals surface area (Å²) in [4.78, 5) is 54.2. The molecule has 264 valence electrons. The highest BCUT2D eigenvalue weighted by molar-refractivity contribution is 7.23. The van der Waals surface area contributed by atoms with Gasteiger partial charge in [0, 0.05) is 54.5 Å². The van der Waals surface area contributed by atoms with Crippen molar-refractivity contribution in [3.8, 4) is 21.1 Å². The minimum absolute atomic E-state index is 0.0122. The summed E-state index contributed by atoms with van der Waals surface area (Å²) in [7, 11) is 4.08. The SMILES string of the molecule is CC(=O)Nc1sc2c(c1-c1nc3cc(C)ccc3s1)CCCC2.CC(=O)Nc1sc2c(c1-c1nc3cc(N(C)C)ccc3s1)CCCC2.O=C=O. The fraction of sp³-hybridized carbons (Fsp3) is 0.342. The van der Waals surface area contributed by atoms with Crippen LogP contribution in [0.1, 0.15) is 66.0 Å². The smallest absolute Gasteiger partial charge is 0.373 e. The van der Waals surface area contributed by atoms with E-state index in [2.05, 4.69) is 58.9 Å². The molecule has 0 saturated carbocycles. The number of amides is 2. The number of benzene rings is 2. The van der Waals surface area contributed by atoms with Crippen molar-refractivity contribution in [2.45, 2.75) is 72.1 Å². The molecule has 2 aliphatic rings. The lowest BCUT2D eigenvalue weighted by Gasteiger charge is -2.11. The Morgan fingerprint density at radius 3 is 1.61 bits per heavy atom. The van der Waals surface area contributed by atoms with Crippen LogP contribution in [0, 0.1) is 6.92 Å². The number of nitrogens with one attached hydrogen (secondary N) is 2. The third kappa shape index (κ3) is 8.13. The Morgan fingerprint density at radius 1 is 0.686 bits per heavy atom. The minimum Gasteiger partial charge on any atom is -0.378 e. The van der Waals surface area contributed by atoms with Gasteiger partial charge in [0.05, 0.1) is 20.4 Å². The van der Waals surface area contributed by atoms with Crippen LogP contribution in [0.2, 0.25) is 0 Å². The van der Waals surface area contributed by atoms with Crippen molar-refractivity contribution in [2.24, 2.45) is 0 Å². The van der Waals surface area contributed by atoms with Crippen LogP contribution in [0.5, 0.6) is 0 Å². The molecular formula is C38H39N5O4S4. The fourth-order valence-electron chi connectivity index (χ4n) is 6.53. The summed E-state index contributed by atoms with van der Waals surface area (Å²) in [6.45, 7) is 5.24. The lowest BCUT2D eigenvalue weighted by Crippen LogP contribution is -2.07. The molecule has 0 radical (unpaired) electrons. The van der Waals surface area contributed by atoms with E-state index in [0.29, 0.717) is 0 Å². The number of nitrogens with zero attached hydrogens (tertiary/aromatic N) is 3. The normalized spacial score (nSPS) is 13.2. The van der Waals surface area contributed by atoms with Crippen molar-refractivity contribution < 1.29 is 19.2 Å². The van der Waals surface area contributed by atoms with Gasteiger partial charge in [-0.2, -0.15) is 9.59 Å². The molecule has 0 saturated heterocycles. The first-order chi connectivity index (χ1) is 24.6. The van der Waals surface area contributed by atoms with E-state index >= 15 is 0 Å². The van der Waals surface area contributed by atoms with Crippen molar-refractivity contribution in [3.05, 3.63) is 62.8 Å². The van der Waals surface area contributed by atoms with Crippen LogP contribution in [-0.4, -0.2) is 42.0 Å². The highest BCUT2D eigenvalue weighted by atomic mass is 32.1. The Bertz CT molecular complexity index is 2270. The molecule has 2 N–H and O–H groups in total. The number of anilines is 3. The molecule has 2 aliphatic carbocycles. The summed E-state index contributed by atoms with van der Waals surface area (Å²) in [6, 6.07) is 12.8. The van der Waals surface area contributed by atoms with Crippen LogP contribution < -0.4 is 15.5 Å². The number of carbonyl (C=O) groups is 2. The van der Waals surface area contributed by atoms with Gasteiger partial charge in [-0.25, -0.2) is 9.97 Å². The zero-order valence-corrected chi connectivity index (χ0v) is 32.5. The Kier molecular flexibility index (Phi) is 11.4. The van der Waals surface area contributed by atoms with Crippen LogP contribution in [0.25, 0.3) is 41.6 Å². The van der Waals surface area contributed by atoms with E-state index < -0.39 is 0 Å². The first kappa shape index (κ1) is 36.5. The monoisotopic (exact) mass is 757 g/mol. The maximum Gasteiger partial charge on any atom is 0.373 e. The molecule has 4 heterocycles. The average molecular weight is 758 g/mol. The molecule has 4 aromatic heterocycles. The summed E-state index contributed by atoms with van der Waals surface area (Å²) in [5.41, 5.74) is 9.57. The Morgan fingerprint density at radius 2 is 1.14 bits per heavy atom. The third-order valence-corrected chi connectivity index (χ3v) is 13.3. The van der Waals surface area contributed by atoms with Gasteiger partial charge in [0.25, 0.3) is 0 Å². The molecular weight excluding hydrogens is 719 g/mol. The second-order valence-corrected chi connectivity index (χ2v) is 17.1. The van der Waals surface area contributed by atoms with E-state index in [1.54, 1.807) is 59.2 Å². The van der Waals surface area contributed by atoms with Gasteiger partial charge in [-0.1, -0.05) is 6.07 Å². The number of hydrogen-bond acceptors (Lipinski definition) is 11. The third-order valence-electron chi connectivity index (χ3n) is 8.78. The Hall–Kier alpha value is -4.26. The summed E-state index contributed by atoms with van der Waals surface area (Å²) < 4.78 is 2.39. The van der Waals surface area contributed by atoms with Crippen LogP contribution in [-0.2, 0) is 44.9 Å². The van der Waals surface area contributed by atoms with E-state index in [-0.39, 0.29) is 18.0 Å². The number of hydrogen-bond donors (Lipinski definition) is 2. The topological polar surface area (TPSA) is 121 Å². The maximum atomic E-state index is 11.7. The fourth-order valence-corrected chi connectivity index (χ4v) is 11.4. The number of fused-ring (bicyclic) bond motifs is 4. The van der Waals surface area contributed by atoms with Crippen molar-refractivity contribution >= 4 is 99.4 Å². The molecule has 0 spiro atoms. The Balaban J connectivity index is 0.000000164. The number of rotatable bonds is 5. The van der Waals surface area contributed by atoms with Gasteiger partial charge >= 0.3 is 6.15 Å². The van der Waals surface area contributed by atoms with Crippen molar-refractivity contribution in [3.63, 3.8) is 0 Å². The maximum absolute atomic E-state index is 11.7. The zero-order chi connectivity index (χ0) is 36.2. The summed E-state index contributed by atoms with van der Waals surface area (Å²) in [6.07, 6.45) is 9.57. The van der Waals surface area contributed by atoms with E-state index in [1.165, 1.54) is 67.1 Å². The van der Waals surface area contributed by atoms with E-state index in [0.717, 1.165) is 68.0 Å². The lowest BCUT2D eigenvalue weighted by molar-refractivity contribution is -0.191. The van der Waals surface area contributed by atoms with Crippen LogP contribution >= 0.6 is 45.3 Å². The molecule has 13 heteroatoms. The van der Waals surface area contributed by atoms with Crippen LogP contribution in [0.15, 0.2) is 36.4 Å². The predicted octanol–water partition coefficient (Wildman–Crippen LogP) is 9.51. The number of thiazole rings is 2. The number of thiophene rings is 2. The lowest BCUT2D eigenvalue weighted by atomic mass is 9.96. The second kappa shape index (κ2) is 16.0. The first-order valence-corrected chi connectivity index (χ1v) is 20.1. The number of aryl methyl sites for hydroxylation is 3. The number of carbonyl (C=O) groups excluding carboxylic acids is 4. The molecule has 0 atom stereocenters. The molecule has 0 fully saturated rings. The summed E-state index contributed by atoms with van der Waals surface area (Å²) in [5.74, 6) is -0.0299. The van der Waals surface area contributed by atoms with Crippen molar-refractivity contribution in [1.29, 1.82) is 0 Å². The average Bonchev–Trinajstić information content (AvgIpc) is 3.85. The molecule has 9 nitrogen and oxygen atoms in total. The zero-order valence-electron chi connectivity index (χ0n) is 29.2. The molecule has 0 bridgehead atoms. The van der Waals surface area contributed by atoms with Gasteiger partial charge in [-0.15, -0.1) is 45.3 Å². The molecule has 51 heavy (non-hydrogen) atoms. The molecule has 6 aromatic rings. The van der Waals surface area contributed by atoms with Gasteiger partial charge in [-0.05, 0) is 105 Å². The largest absolute Gasteiger partial charge is 0.378 e. The van der Waals surface area contributed by atoms with Gasteiger partial charge in [0.15, 0.2) is 0 Å². The standard InChI is InChI=1S/C19H21N3OS2.C18H18N2OS2.CO2/c1-11(23)20-18-17(13-6-4-5-7-15(13)24-18)19-21-14-10-12(22(2)3)8-9-16(14)25-19;1-10-7-8-15-13(9-10)20-18(23-15)16-12-5-3-4-6-14(12)22-17(16)19-11(2)21;2-1-3/h8-10H,4-7H2,1-3H3,(H,20,23);7-9H,3-6H2,1-2H3,(H,19,21);. The molecule has 0 unspecified atom stereocenters. The molecule has 2 amide bonds. The molecule has 0 aliphatic heterocycles. The van der Waals surface area contributed by atoms with Gasteiger partial charge < -0.3 is 15.5 Å². The van der Waals surface area contributed by atoms with E-state index in [4.69, 9.17) is 19.6 Å². The molecule has 2 aromatic carbocycles. The first-order valence-electron chi connectivity index (χ1n) is 16.9. The highest BCUT2D eigenvalue weighted by Crippen LogP contribution is 2.48. The summed E-state index contributed by atoms with van der Waals surface area (Å²) >= 11 is 6.90. The van der Waals surface area contributed by atoms with Crippen molar-refractivity contribution in [2.75, 3.05) is 29.6 Å². The predicted molar refractivity (Wildman–Crippen MR) is 212 cm³/mol. The van der Waals surface area contributed by atoms with Gasteiger partial charge in [0.2, 0.25) is 11.8 Å². The van der Waals surface area contributed by atoms with Crippen LogP contribution in [0.3, 0.4) is 0 Å². The van der Waals surface area contributed by atoms with Gasteiger partial charge in [0.1, 0.15) is 20.0 Å². The highest BCUT2D eigenvalue weighted by Gasteiger charge is 2.26. The number of aromatic nitrogens is 2. The van der Waals surface area contributed by atoms with Crippen molar-refractivity contribution in [1.82, 2.24) is 9.97 Å². The Labute approximate surface area is 312 Å². The second-order valence-electron chi connectivity index (χ2n) is 12.8. The quantitative estimate of drug-likeness (QED) is 0.180.